The maximum atomic E-state index is 9.54. The Hall–Kier alpha value is -1.51. The first-order valence-corrected chi connectivity index (χ1v) is 10.5. The molecular weight excluding hydrogens is 344 g/mol. The van der Waals surface area contributed by atoms with Gasteiger partial charge in [-0.05, 0) is 25.8 Å². The third-order valence-electron chi connectivity index (χ3n) is 5.97. The van der Waals surface area contributed by atoms with Crippen LogP contribution in [0.5, 0.6) is 0 Å². The average Bonchev–Trinajstić information content (AvgIpc) is 3.12. The summed E-state index contributed by atoms with van der Waals surface area (Å²) in [6.45, 7) is 8.20. The lowest BCUT2D eigenvalue weighted by Crippen LogP contribution is -2.49. The van der Waals surface area contributed by atoms with Crippen LogP contribution in [0.2, 0.25) is 0 Å². The minimum Gasteiger partial charge on any atom is -0.395 e. The van der Waals surface area contributed by atoms with Gasteiger partial charge < -0.3 is 14.7 Å². The number of hydrogen-bond acceptors (Lipinski definition) is 7. The molecule has 1 aliphatic carbocycles. The summed E-state index contributed by atoms with van der Waals surface area (Å²) < 4.78 is 7.43. The van der Waals surface area contributed by atoms with Crippen molar-refractivity contribution in [3.05, 3.63) is 0 Å². The lowest BCUT2D eigenvalue weighted by molar-refractivity contribution is 0.122. The molecule has 0 spiro atoms. The molecular formula is C19H32N6O2. The summed E-state index contributed by atoms with van der Waals surface area (Å²) >= 11 is 0. The molecule has 8 heteroatoms. The summed E-state index contributed by atoms with van der Waals surface area (Å²) in [5.41, 5.74) is 1.26. The van der Waals surface area contributed by atoms with Gasteiger partial charge in [0.1, 0.15) is 0 Å². The highest BCUT2D eigenvalue weighted by Crippen LogP contribution is 2.33. The molecule has 3 heterocycles. The van der Waals surface area contributed by atoms with E-state index >= 15 is 0 Å². The standard InChI is InChI=1S/C19H32N6O2/c1-2-3-7-23(8-11-26)16-6-4-5-15-14-25-18(20-17(15)16)21-19(22-25)24-9-12-27-13-10-24/h15-16,26H,2-14H2,1H3. The van der Waals surface area contributed by atoms with Crippen molar-refractivity contribution in [2.45, 2.75) is 51.6 Å². The van der Waals surface area contributed by atoms with E-state index in [1.807, 2.05) is 4.68 Å². The van der Waals surface area contributed by atoms with E-state index in [1.54, 1.807) is 0 Å². The van der Waals surface area contributed by atoms with E-state index in [1.165, 1.54) is 25.0 Å². The Morgan fingerprint density at radius 1 is 1.22 bits per heavy atom. The van der Waals surface area contributed by atoms with Gasteiger partial charge in [-0.15, -0.1) is 5.10 Å². The molecule has 150 valence electrons. The van der Waals surface area contributed by atoms with Gasteiger partial charge in [-0.1, -0.05) is 19.8 Å². The summed E-state index contributed by atoms with van der Waals surface area (Å²) in [5.74, 6) is 1.97. The number of nitrogens with zero attached hydrogens (tertiary/aromatic N) is 6. The molecule has 3 aliphatic rings. The summed E-state index contributed by atoms with van der Waals surface area (Å²) in [7, 11) is 0. The fourth-order valence-corrected chi connectivity index (χ4v) is 4.51. The van der Waals surface area contributed by atoms with Crippen LogP contribution in [0, 0.1) is 5.92 Å². The molecule has 27 heavy (non-hydrogen) atoms. The van der Waals surface area contributed by atoms with E-state index in [4.69, 9.17) is 19.8 Å². The van der Waals surface area contributed by atoms with Crippen molar-refractivity contribution in [3.8, 4) is 0 Å². The Balaban J connectivity index is 1.57. The Labute approximate surface area is 161 Å². The first-order chi connectivity index (χ1) is 13.3. The van der Waals surface area contributed by atoms with Gasteiger partial charge in [-0.25, -0.2) is 9.67 Å². The largest absolute Gasteiger partial charge is 0.395 e. The highest BCUT2D eigenvalue weighted by molar-refractivity contribution is 5.94. The van der Waals surface area contributed by atoms with Gasteiger partial charge in [0, 0.05) is 37.3 Å². The number of morpholine rings is 1. The zero-order valence-corrected chi connectivity index (χ0v) is 16.4. The smallest absolute Gasteiger partial charge is 0.249 e. The third kappa shape index (κ3) is 4.02. The Kier molecular flexibility index (Phi) is 6.04. The molecule has 1 aromatic heterocycles. The third-order valence-corrected chi connectivity index (χ3v) is 5.97. The van der Waals surface area contributed by atoms with Gasteiger partial charge in [0.05, 0.1) is 26.4 Å². The predicted octanol–water partition coefficient (Wildman–Crippen LogP) is 1.46. The molecule has 1 N–H and O–H groups in total. The van der Waals surface area contributed by atoms with Gasteiger partial charge in [0.25, 0.3) is 0 Å². The molecule has 4 rings (SSSR count). The highest BCUT2D eigenvalue weighted by atomic mass is 16.5. The highest BCUT2D eigenvalue weighted by Gasteiger charge is 2.36. The van der Waals surface area contributed by atoms with Crippen molar-refractivity contribution in [1.82, 2.24) is 19.7 Å². The van der Waals surface area contributed by atoms with Crippen LogP contribution in [0.25, 0.3) is 0 Å². The maximum absolute atomic E-state index is 9.54. The van der Waals surface area contributed by atoms with Gasteiger partial charge in [-0.2, -0.15) is 4.98 Å². The summed E-state index contributed by atoms with van der Waals surface area (Å²) in [5, 5.41) is 14.3. The zero-order chi connectivity index (χ0) is 18.6. The monoisotopic (exact) mass is 376 g/mol. The average molecular weight is 377 g/mol. The van der Waals surface area contributed by atoms with Crippen LogP contribution in [-0.2, 0) is 11.3 Å². The van der Waals surface area contributed by atoms with Gasteiger partial charge in [-0.3, -0.25) is 4.90 Å². The van der Waals surface area contributed by atoms with Crippen molar-refractivity contribution in [2.75, 3.05) is 50.9 Å². The lowest BCUT2D eigenvalue weighted by atomic mass is 9.82. The summed E-state index contributed by atoms with van der Waals surface area (Å²) in [6.07, 6.45) is 5.84. The van der Waals surface area contributed by atoms with Crippen LogP contribution in [-0.4, -0.2) is 82.5 Å². The lowest BCUT2D eigenvalue weighted by Gasteiger charge is -2.40. The van der Waals surface area contributed by atoms with Crippen LogP contribution in [0.1, 0.15) is 39.0 Å². The zero-order valence-electron chi connectivity index (χ0n) is 16.4. The molecule has 0 bridgehead atoms. The van der Waals surface area contributed by atoms with E-state index in [0.717, 1.165) is 70.7 Å². The van der Waals surface area contributed by atoms with Crippen molar-refractivity contribution in [1.29, 1.82) is 0 Å². The maximum Gasteiger partial charge on any atom is 0.249 e. The molecule has 8 nitrogen and oxygen atoms in total. The quantitative estimate of drug-likeness (QED) is 0.776. The molecule has 2 aliphatic heterocycles. The number of aliphatic hydroxyl groups is 1. The number of aliphatic hydroxyl groups excluding tert-OH is 1. The van der Waals surface area contributed by atoms with Crippen LogP contribution < -0.4 is 4.90 Å². The minimum atomic E-state index is 0.204. The molecule has 1 aromatic rings. The molecule has 1 saturated heterocycles. The predicted molar refractivity (Wildman–Crippen MR) is 105 cm³/mol. The van der Waals surface area contributed by atoms with Crippen LogP contribution in [0.4, 0.5) is 11.9 Å². The number of ether oxygens (including phenoxy) is 1. The van der Waals surface area contributed by atoms with E-state index in [9.17, 15) is 5.11 Å². The first-order valence-electron chi connectivity index (χ1n) is 10.5. The topological polar surface area (TPSA) is 79.0 Å². The number of anilines is 1. The first kappa shape index (κ1) is 18.8. The van der Waals surface area contributed by atoms with Crippen molar-refractivity contribution < 1.29 is 9.84 Å². The van der Waals surface area contributed by atoms with Gasteiger partial charge in [0.15, 0.2) is 0 Å². The number of aliphatic imine (C=N–C) groups is 1. The summed E-state index contributed by atoms with van der Waals surface area (Å²) in [4.78, 5) is 14.4. The van der Waals surface area contributed by atoms with Crippen molar-refractivity contribution >= 4 is 17.6 Å². The molecule has 2 unspecified atom stereocenters. The minimum absolute atomic E-state index is 0.204. The SMILES string of the molecule is CCCCN(CCO)C1CCCC2Cn3nc(N4CCOCC4)nc3N=C21. The fourth-order valence-electron chi connectivity index (χ4n) is 4.51. The number of rotatable bonds is 7. The van der Waals surface area contributed by atoms with Crippen LogP contribution in [0.15, 0.2) is 4.99 Å². The second-order valence-electron chi connectivity index (χ2n) is 7.79. The number of aromatic nitrogens is 3. The number of hydrogen-bond donors (Lipinski definition) is 1. The second kappa shape index (κ2) is 8.67. The molecule has 0 radical (unpaired) electrons. The molecule has 2 fully saturated rings. The second-order valence-corrected chi connectivity index (χ2v) is 7.79. The molecule has 1 saturated carbocycles. The Morgan fingerprint density at radius 3 is 2.85 bits per heavy atom. The number of fused-ring (bicyclic) bond motifs is 2. The Morgan fingerprint density at radius 2 is 2.07 bits per heavy atom. The normalized spacial score (nSPS) is 25.3. The van der Waals surface area contributed by atoms with Crippen molar-refractivity contribution in [2.24, 2.45) is 10.9 Å². The summed E-state index contributed by atoms with van der Waals surface area (Å²) in [6, 6.07) is 0.333. The van der Waals surface area contributed by atoms with E-state index in [-0.39, 0.29) is 6.61 Å². The van der Waals surface area contributed by atoms with Crippen LogP contribution >= 0.6 is 0 Å². The van der Waals surface area contributed by atoms with E-state index < -0.39 is 0 Å². The molecule has 0 amide bonds. The fraction of sp³-hybridized carbons (Fsp3) is 0.842. The van der Waals surface area contributed by atoms with Crippen molar-refractivity contribution in [3.63, 3.8) is 0 Å². The van der Waals surface area contributed by atoms with E-state index in [0.29, 0.717) is 12.0 Å². The molecule has 0 aromatic carbocycles. The van der Waals surface area contributed by atoms with Crippen LogP contribution in [0.3, 0.4) is 0 Å². The van der Waals surface area contributed by atoms with Gasteiger partial charge >= 0.3 is 0 Å². The van der Waals surface area contributed by atoms with Gasteiger partial charge in [0.2, 0.25) is 11.9 Å². The number of unbranched alkanes of at least 4 members (excludes halogenated alkanes) is 1. The Bertz CT molecular complexity index is 655. The molecule has 2 atom stereocenters. The van der Waals surface area contributed by atoms with E-state index in [2.05, 4.69) is 16.7 Å².